The highest BCUT2D eigenvalue weighted by atomic mass is 79.9. The second kappa shape index (κ2) is 5.17. The molecule has 1 atom stereocenters. The third-order valence-corrected chi connectivity index (χ3v) is 2.72. The number of hydrogen-bond donors (Lipinski definition) is 2. The minimum absolute atomic E-state index is 0.00454. The van der Waals surface area contributed by atoms with Gasteiger partial charge < -0.3 is 10.8 Å². The fourth-order valence-electron chi connectivity index (χ4n) is 1.22. The minimum Gasteiger partial charge on any atom is -0.507 e. The molecule has 0 saturated carbocycles. The van der Waals surface area contributed by atoms with Gasteiger partial charge >= 0.3 is 0 Å². The van der Waals surface area contributed by atoms with Gasteiger partial charge in [0.2, 0.25) is 0 Å². The Balaban J connectivity index is 2.75. The van der Waals surface area contributed by atoms with Gasteiger partial charge in [-0.05, 0) is 46.5 Å². The molecule has 0 radical (unpaired) electrons. The van der Waals surface area contributed by atoms with Crippen LogP contribution in [0.5, 0.6) is 5.75 Å². The van der Waals surface area contributed by atoms with Gasteiger partial charge in [-0.1, -0.05) is 12.1 Å². The van der Waals surface area contributed by atoms with Crippen LogP contribution in [-0.4, -0.2) is 5.11 Å². The Bertz CT molecular complexity index is 325. The largest absolute Gasteiger partial charge is 0.507 e. The van der Waals surface area contributed by atoms with Crippen molar-refractivity contribution in [3.05, 3.63) is 40.9 Å². The standard InChI is InChI=1S/C11H14BrNO/c1-2-3-4-10(13)8-5-6-11(14)9(12)7-8/h2,5-7,10,14H,1,3-4,13H2/t10-/m1/s1. The van der Waals surface area contributed by atoms with Crippen molar-refractivity contribution in [1.82, 2.24) is 0 Å². The summed E-state index contributed by atoms with van der Waals surface area (Å²) in [5.74, 6) is 0.240. The molecular formula is C11H14BrNO. The number of halogens is 1. The number of benzene rings is 1. The first-order valence-corrected chi connectivity index (χ1v) is 5.29. The summed E-state index contributed by atoms with van der Waals surface area (Å²) < 4.78 is 0.684. The zero-order valence-electron chi connectivity index (χ0n) is 7.91. The highest BCUT2D eigenvalue weighted by Crippen LogP contribution is 2.27. The minimum atomic E-state index is 0.00454. The summed E-state index contributed by atoms with van der Waals surface area (Å²) in [7, 11) is 0. The van der Waals surface area contributed by atoms with Gasteiger partial charge in [0.05, 0.1) is 4.47 Å². The smallest absolute Gasteiger partial charge is 0.129 e. The Morgan fingerprint density at radius 1 is 1.57 bits per heavy atom. The van der Waals surface area contributed by atoms with Gasteiger partial charge in [0.15, 0.2) is 0 Å². The number of phenolic OH excluding ortho intramolecular Hbond substituents is 1. The van der Waals surface area contributed by atoms with Crippen LogP contribution in [0.3, 0.4) is 0 Å². The van der Waals surface area contributed by atoms with Gasteiger partial charge in [0.25, 0.3) is 0 Å². The molecule has 0 aliphatic rings. The normalized spacial score (nSPS) is 12.4. The van der Waals surface area contributed by atoms with E-state index in [9.17, 15) is 5.11 Å². The van der Waals surface area contributed by atoms with Crippen molar-refractivity contribution in [3.63, 3.8) is 0 Å². The fraction of sp³-hybridized carbons (Fsp3) is 0.273. The topological polar surface area (TPSA) is 46.2 Å². The summed E-state index contributed by atoms with van der Waals surface area (Å²) in [6.07, 6.45) is 3.63. The van der Waals surface area contributed by atoms with E-state index in [1.165, 1.54) is 0 Å². The summed E-state index contributed by atoms with van der Waals surface area (Å²) in [6.45, 7) is 3.65. The fourth-order valence-corrected chi connectivity index (χ4v) is 1.61. The number of allylic oxidation sites excluding steroid dienone is 1. The molecule has 0 bridgehead atoms. The second-order valence-corrected chi connectivity index (χ2v) is 4.04. The molecule has 0 unspecified atom stereocenters. The lowest BCUT2D eigenvalue weighted by Gasteiger charge is -2.11. The highest BCUT2D eigenvalue weighted by molar-refractivity contribution is 9.10. The van der Waals surface area contributed by atoms with Crippen LogP contribution >= 0.6 is 15.9 Å². The Labute approximate surface area is 92.6 Å². The van der Waals surface area contributed by atoms with E-state index in [1.54, 1.807) is 6.07 Å². The quantitative estimate of drug-likeness (QED) is 0.813. The zero-order chi connectivity index (χ0) is 10.6. The predicted molar refractivity (Wildman–Crippen MR) is 62.2 cm³/mol. The lowest BCUT2D eigenvalue weighted by atomic mass is 10.0. The number of rotatable bonds is 4. The van der Waals surface area contributed by atoms with Crippen molar-refractivity contribution in [2.75, 3.05) is 0 Å². The Hall–Kier alpha value is -0.800. The van der Waals surface area contributed by atoms with Crippen molar-refractivity contribution in [2.24, 2.45) is 5.73 Å². The maximum atomic E-state index is 9.30. The van der Waals surface area contributed by atoms with Crippen molar-refractivity contribution in [1.29, 1.82) is 0 Å². The van der Waals surface area contributed by atoms with E-state index < -0.39 is 0 Å². The van der Waals surface area contributed by atoms with Crippen LogP contribution in [0.4, 0.5) is 0 Å². The maximum Gasteiger partial charge on any atom is 0.129 e. The van der Waals surface area contributed by atoms with Crippen LogP contribution in [0.25, 0.3) is 0 Å². The first-order chi connectivity index (χ1) is 6.65. The molecular weight excluding hydrogens is 242 g/mol. The molecule has 0 heterocycles. The summed E-state index contributed by atoms with van der Waals surface area (Å²) in [4.78, 5) is 0. The lowest BCUT2D eigenvalue weighted by molar-refractivity contribution is 0.471. The number of phenols is 1. The molecule has 76 valence electrons. The maximum absolute atomic E-state index is 9.30. The SMILES string of the molecule is C=CCC[C@@H](N)c1ccc(O)c(Br)c1. The van der Waals surface area contributed by atoms with Gasteiger partial charge in [-0.3, -0.25) is 0 Å². The second-order valence-electron chi connectivity index (χ2n) is 3.18. The molecule has 3 heteroatoms. The monoisotopic (exact) mass is 255 g/mol. The van der Waals surface area contributed by atoms with Crippen LogP contribution in [-0.2, 0) is 0 Å². The van der Waals surface area contributed by atoms with E-state index >= 15 is 0 Å². The summed E-state index contributed by atoms with van der Waals surface area (Å²) in [5.41, 5.74) is 6.97. The van der Waals surface area contributed by atoms with Crippen LogP contribution in [0, 0.1) is 0 Å². The van der Waals surface area contributed by atoms with Crippen LogP contribution in [0.15, 0.2) is 35.3 Å². The molecule has 0 fully saturated rings. The Kier molecular flexibility index (Phi) is 4.17. The average Bonchev–Trinajstić information content (AvgIpc) is 2.18. The van der Waals surface area contributed by atoms with Gasteiger partial charge in [0.1, 0.15) is 5.75 Å². The van der Waals surface area contributed by atoms with Crippen molar-refractivity contribution < 1.29 is 5.11 Å². The first-order valence-electron chi connectivity index (χ1n) is 4.50. The van der Waals surface area contributed by atoms with E-state index in [0.717, 1.165) is 18.4 Å². The third-order valence-electron chi connectivity index (χ3n) is 2.08. The molecule has 0 saturated heterocycles. The molecule has 0 aliphatic carbocycles. The molecule has 3 N–H and O–H groups in total. The van der Waals surface area contributed by atoms with E-state index in [4.69, 9.17) is 5.73 Å². The molecule has 0 aromatic heterocycles. The van der Waals surface area contributed by atoms with E-state index in [1.807, 2.05) is 18.2 Å². The van der Waals surface area contributed by atoms with E-state index in [2.05, 4.69) is 22.5 Å². The molecule has 14 heavy (non-hydrogen) atoms. The van der Waals surface area contributed by atoms with Gasteiger partial charge in [0, 0.05) is 6.04 Å². The summed E-state index contributed by atoms with van der Waals surface area (Å²) in [6, 6.07) is 5.34. The number of aromatic hydroxyl groups is 1. The molecule has 1 aromatic rings. The third kappa shape index (κ3) is 2.86. The van der Waals surface area contributed by atoms with E-state index in [0.29, 0.717) is 4.47 Å². The molecule has 0 aliphatic heterocycles. The van der Waals surface area contributed by atoms with Crippen molar-refractivity contribution in [3.8, 4) is 5.75 Å². The molecule has 1 aromatic carbocycles. The van der Waals surface area contributed by atoms with Crippen LogP contribution < -0.4 is 5.73 Å². The lowest BCUT2D eigenvalue weighted by Crippen LogP contribution is -2.09. The van der Waals surface area contributed by atoms with Gasteiger partial charge in [-0.2, -0.15) is 0 Å². The molecule has 0 amide bonds. The van der Waals surface area contributed by atoms with Gasteiger partial charge in [-0.15, -0.1) is 6.58 Å². The van der Waals surface area contributed by atoms with Gasteiger partial charge in [-0.25, -0.2) is 0 Å². The number of nitrogens with two attached hydrogens (primary N) is 1. The average molecular weight is 256 g/mol. The molecule has 2 nitrogen and oxygen atoms in total. The van der Waals surface area contributed by atoms with Crippen molar-refractivity contribution in [2.45, 2.75) is 18.9 Å². The Morgan fingerprint density at radius 2 is 2.29 bits per heavy atom. The van der Waals surface area contributed by atoms with E-state index in [-0.39, 0.29) is 11.8 Å². The summed E-state index contributed by atoms with van der Waals surface area (Å²) in [5, 5.41) is 9.30. The number of hydrogen-bond acceptors (Lipinski definition) is 2. The highest BCUT2D eigenvalue weighted by Gasteiger charge is 2.06. The van der Waals surface area contributed by atoms with Crippen molar-refractivity contribution >= 4 is 15.9 Å². The molecule has 0 spiro atoms. The summed E-state index contributed by atoms with van der Waals surface area (Å²) >= 11 is 3.26. The zero-order valence-corrected chi connectivity index (χ0v) is 9.50. The van der Waals surface area contributed by atoms with Crippen LogP contribution in [0.2, 0.25) is 0 Å². The molecule has 1 rings (SSSR count). The predicted octanol–water partition coefficient (Wildman–Crippen LogP) is 3.12. The first kappa shape index (κ1) is 11.3. The Morgan fingerprint density at radius 3 is 2.86 bits per heavy atom. The van der Waals surface area contributed by atoms with Crippen LogP contribution in [0.1, 0.15) is 24.4 Å².